The molecule has 1 heterocycles. The molecule has 0 aromatic heterocycles. The molecule has 0 aromatic rings. The quantitative estimate of drug-likeness (QED) is 0.831. The van der Waals surface area contributed by atoms with Gasteiger partial charge >= 0.3 is 0 Å². The minimum atomic E-state index is -2.92. The van der Waals surface area contributed by atoms with Crippen LogP contribution in [0, 0.1) is 0 Å². The van der Waals surface area contributed by atoms with E-state index in [-0.39, 0.29) is 11.3 Å². The van der Waals surface area contributed by atoms with E-state index in [1.807, 2.05) is 0 Å². The molecule has 4 nitrogen and oxygen atoms in total. The van der Waals surface area contributed by atoms with Crippen molar-refractivity contribution in [2.45, 2.75) is 62.8 Å². The minimum absolute atomic E-state index is 0.138. The Balaban J connectivity index is 2.13. The monoisotopic (exact) mass is 288 g/mol. The van der Waals surface area contributed by atoms with E-state index in [4.69, 9.17) is 0 Å². The van der Waals surface area contributed by atoms with Gasteiger partial charge in [-0.05, 0) is 45.2 Å². The van der Waals surface area contributed by atoms with Crippen molar-refractivity contribution < 1.29 is 8.42 Å². The van der Waals surface area contributed by atoms with E-state index < -0.39 is 9.84 Å². The topological polar surface area (TPSA) is 49.4 Å². The van der Waals surface area contributed by atoms with Gasteiger partial charge < -0.3 is 5.32 Å². The van der Waals surface area contributed by atoms with Crippen molar-refractivity contribution in [3.8, 4) is 0 Å². The Kier molecular flexibility index (Phi) is 5.26. The summed E-state index contributed by atoms with van der Waals surface area (Å²) >= 11 is 0. The molecule has 0 amide bonds. The molecule has 112 valence electrons. The summed E-state index contributed by atoms with van der Waals surface area (Å²) < 4.78 is 24.0. The molecule has 0 aromatic carbocycles. The van der Waals surface area contributed by atoms with Gasteiger partial charge in [0.2, 0.25) is 0 Å². The summed E-state index contributed by atoms with van der Waals surface area (Å²) in [5.74, 6) is 0. The van der Waals surface area contributed by atoms with E-state index >= 15 is 0 Å². The van der Waals surface area contributed by atoms with Crippen LogP contribution >= 0.6 is 0 Å². The second-order valence-corrected chi connectivity index (χ2v) is 8.37. The van der Waals surface area contributed by atoms with Crippen LogP contribution in [0.4, 0.5) is 0 Å². The van der Waals surface area contributed by atoms with E-state index in [2.05, 4.69) is 17.1 Å². The summed E-state index contributed by atoms with van der Waals surface area (Å²) in [6.07, 6.45) is 7.89. The standard InChI is InChI=1S/C14H28N2O2S/c1-3-10-16(12-6-5-9-15-11-12)13-7-4-8-14(13)19(2,17)18/h12-15H,3-11H2,1-2H3. The van der Waals surface area contributed by atoms with Gasteiger partial charge in [0.1, 0.15) is 0 Å². The fourth-order valence-electron chi connectivity index (χ4n) is 3.78. The summed E-state index contributed by atoms with van der Waals surface area (Å²) in [6.45, 7) is 5.35. The normalized spacial score (nSPS) is 32.9. The van der Waals surface area contributed by atoms with Gasteiger partial charge in [-0.2, -0.15) is 0 Å². The van der Waals surface area contributed by atoms with Crippen LogP contribution in [0.2, 0.25) is 0 Å². The highest BCUT2D eigenvalue weighted by Crippen LogP contribution is 2.31. The highest BCUT2D eigenvalue weighted by Gasteiger charge is 2.40. The van der Waals surface area contributed by atoms with Crippen LogP contribution in [0.25, 0.3) is 0 Å². The van der Waals surface area contributed by atoms with E-state index in [1.54, 1.807) is 0 Å². The van der Waals surface area contributed by atoms with Crippen LogP contribution in [0.5, 0.6) is 0 Å². The van der Waals surface area contributed by atoms with Crippen molar-refractivity contribution in [2.24, 2.45) is 0 Å². The molecule has 0 spiro atoms. The molecule has 1 aliphatic carbocycles. The van der Waals surface area contributed by atoms with Crippen LogP contribution in [-0.2, 0) is 9.84 Å². The zero-order valence-electron chi connectivity index (χ0n) is 12.3. The zero-order chi connectivity index (χ0) is 13.9. The lowest BCUT2D eigenvalue weighted by atomic mass is 10.0. The molecule has 0 bridgehead atoms. The number of rotatable bonds is 5. The third kappa shape index (κ3) is 3.70. The van der Waals surface area contributed by atoms with Gasteiger partial charge in [-0.1, -0.05) is 13.3 Å². The van der Waals surface area contributed by atoms with Crippen LogP contribution in [0.3, 0.4) is 0 Å². The third-order valence-electron chi connectivity index (χ3n) is 4.62. The number of hydrogen-bond acceptors (Lipinski definition) is 4. The number of sulfone groups is 1. The Morgan fingerprint density at radius 1 is 1.21 bits per heavy atom. The number of nitrogens with zero attached hydrogens (tertiary/aromatic N) is 1. The summed E-state index contributed by atoms with van der Waals surface area (Å²) in [4.78, 5) is 2.50. The molecule has 5 heteroatoms. The van der Waals surface area contributed by atoms with Gasteiger partial charge in [0, 0.05) is 24.9 Å². The van der Waals surface area contributed by atoms with Gasteiger partial charge in [0.25, 0.3) is 0 Å². The molecule has 3 atom stereocenters. The van der Waals surface area contributed by atoms with Crippen LogP contribution < -0.4 is 5.32 Å². The van der Waals surface area contributed by atoms with E-state index in [0.29, 0.717) is 6.04 Å². The molecule has 1 saturated carbocycles. The number of piperidine rings is 1. The second-order valence-electron chi connectivity index (χ2n) is 6.10. The average Bonchev–Trinajstić information content (AvgIpc) is 2.86. The van der Waals surface area contributed by atoms with Crippen LogP contribution in [0.15, 0.2) is 0 Å². The van der Waals surface area contributed by atoms with E-state index in [1.165, 1.54) is 19.1 Å². The van der Waals surface area contributed by atoms with Crippen molar-refractivity contribution in [3.05, 3.63) is 0 Å². The average molecular weight is 288 g/mol. The minimum Gasteiger partial charge on any atom is -0.315 e. The van der Waals surface area contributed by atoms with Crippen LogP contribution in [0.1, 0.15) is 45.4 Å². The van der Waals surface area contributed by atoms with Gasteiger partial charge in [0.15, 0.2) is 9.84 Å². The summed E-state index contributed by atoms with van der Waals surface area (Å²) in [6, 6.07) is 0.779. The van der Waals surface area contributed by atoms with Crippen molar-refractivity contribution >= 4 is 9.84 Å². The Bertz CT molecular complexity index is 377. The summed E-state index contributed by atoms with van der Waals surface area (Å²) in [5.41, 5.74) is 0. The molecule has 1 aliphatic heterocycles. The third-order valence-corrected chi connectivity index (χ3v) is 6.27. The first kappa shape index (κ1) is 15.3. The summed E-state index contributed by atoms with van der Waals surface area (Å²) in [7, 11) is -2.92. The molecule has 0 radical (unpaired) electrons. The van der Waals surface area contributed by atoms with Gasteiger partial charge in [-0.3, -0.25) is 4.90 Å². The lowest BCUT2D eigenvalue weighted by Gasteiger charge is -2.40. The molecule has 1 saturated heterocycles. The Morgan fingerprint density at radius 3 is 2.58 bits per heavy atom. The number of hydrogen-bond donors (Lipinski definition) is 1. The maximum absolute atomic E-state index is 12.0. The molecule has 2 rings (SSSR count). The first-order chi connectivity index (χ1) is 9.04. The smallest absolute Gasteiger partial charge is 0.151 e. The van der Waals surface area contributed by atoms with Crippen LogP contribution in [-0.4, -0.2) is 56.5 Å². The maximum Gasteiger partial charge on any atom is 0.151 e. The van der Waals surface area contributed by atoms with Crippen molar-refractivity contribution in [1.82, 2.24) is 10.2 Å². The Morgan fingerprint density at radius 2 is 2.00 bits per heavy atom. The maximum atomic E-state index is 12.0. The summed E-state index contributed by atoms with van der Waals surface area (Å²) in [5, 5.41) is 3.32. The van der Waals surface area contributed by atoms with E-state index in [0.717, 1.165) is 45.3 Å². The molecule has 3 unspecified atom stereocenters. The number of nitrogens with one attached hydrogen (secondary N) is 1. The highest BCUT2D eigenvalue weighted by molar-refractivity contribution is 7.91. The van der Waals surface area contributed by atoms with Gasteiger partial charge in [-0.15, -0.1) is 0 Å². The lowest BCUT2D eigenvalue weighted by molar-refractivity contribution is 0.115. The zero-order valence-corrected chi connectivity index (χ0v) is 13.1. The highest BCUT2D eigenvalue weighted by atomic mass is 32.2. The van der Waals surface area contributed by atoms with Crippen molar-refractivity contribution in [2.75, 3.05) is 25.9 Å². The lowest BCUT2D eigenvalue weighted by Crippen LogP contribution is -2.54. The predicted molar refractivity (Wildman–Crippen MR) is 79.2 cm³/mol. The Hall–Kier alpha value is -0.130. The molecule has 1 N–H and O–H groups in total. The predicted octanol–water partition coefficient (Wildman–Crippen LogP) is 1.42. The van der Waals surface area contributed by atoms with Gasteiger partial charge in [0.05, 0.1) is 5.25 Å². The Labute approximate surface area is 117 Å². The molecular weight excluding hydrogens is 260 g/mol. The second kappa shape index (κ2) is 6.55. The van der Waals surface area contributed by atoms with Crippen molar-refractivity contribution in [1.29, 1.82) is 0 Å². The largest absolute Gasteiger partial charge is 0.315 e. The molecule has 19 heavy (non-hydrogen) atoms. The van der Waals surface area contributed by atoms with E-state index in [9.17, 15) is 8.42 Å². The van der Waals surface area contributed by atoms with Gasteiger partial charge in [-0.25, -0.2) is 8.42 Å². The SMILES string of the molecule is CCCN(C1CCCNC1)C1CCCC1S(C)(=O)=O. The fraction of sp³-hybridized carbons (Fsp3) is 1.00. The first-order valence-corrected chi connectivity index (χ1v) is 9.65. The molecule has 2 aliphatic rings. The molecular formula is C14H28N2O2S. The fourth-order valence-corrected chi connectivity index (χ4v) is 5.24. The molecule has 2 fully saturated rings. The first-order valence-electron chi connectivity index (χ1n) is 7.69. The van der Waals surface area contributed by atoms with Crippen molar-refractivity contribution in [3.63, 3.8) is 0 Å².